The highest BCUT2D eigenvalue weighted by atomic mass is 32.2. The number of carbonyl (C=O) groups excluding carboxylic acids is 1. The lowest BCUT2D eigenvalue weighted by atomic mass is 9.93. The summed E-state index contributed by atoms with van der Waals surface area (Å²) in [6, 6.07) is 4.29. The maximum absolute atomic E-state index is 12.6. The van der Waals surface area contributed by atoms with Crippen molar-refractivity contribution >= 4 is 15.9 Å². The molecule has 2 N–H and O–H groups in total. The summed E-state index contributed by atoms with van der Waals surface area (Å²) < 4.78 is 32.8. The van der Waals surface area contributed by atoms with Crippen LogP contribution in [0.5, 0.6) is 5.75 Å². The van der Waals surface area contributed by atoms with Crippen LogP contribution >= 0.6 is 0 Å². The number of nitrogens with one attached hydrogen (secondary N) is 2. The van der Waals surface area contributed by atoms with Gasteiger partial charge in [0.2, 0.25) is 10.0 Å². The number of hydrogen-bond acceptors (Lipinski definition) is 4. The van der Waals surface area contributed by atoms with E-state index in [4.69, 9.17) is 11.2 Å². The zero-order chi connectivity index (χ0) is 18.7. The third-order valence-electron chi connectivity index (χ3n) is 4.45. The summed E-state index contributed by atoms with van der Waals surface area (Å²) in [5.41, 5.74) is -0.527. The molecule has 0 bridgehead atoms. The quantitative estimate of drug-likeness (QED) is 0.692. The molecule has 1 aromatic rings. The minimum Gasteiger partial charge on any atom is -0.495 e. The van der Waals surface area contributed by atoms with E-state index in [0.717, 1.165) is 12.8 Å². The van der Waals surface area contributed by atoms with E-state index in [9.17, 15) is 13.2 Å². The zero-order valence-electron chi connectivity index (χ0n) is 14.8. The highest BCUT2D eigenvalue weighted by Gasteiger charge is 2.31. The average molecular weight is 364 g/mol. The third kappa shape index (κ3) is 4.33. The van der Waals surface area contributed by atoms with Crippen molar-refractivity contribution in [1.82, 2.24) is 10.0 Å². The Kier molecular flexibility index (Phi) is 5.76. The van der Waals surface area contributed by atoms with Gasteiger partial charge in [-0.1, -0.05) is 19.8 Å². The van der Waals surface area contributed by atoms with Gasteiger partial charge in [-0.2, -0.15) is 0 Å². The second-order valence-corrected chi connectivity index (χ2v) is 7.83. The first-order chi connectivity index (χ1) is 11.8. The molecule has 1 saturated carbocycles. The largest absolute Gasteiger partial charge is 0.495 e. The molecule has 0 aromatic heterocycles. The fraction of sp³-hybridized carbons (Fsp3) is 0.500. The summed E-state index contributed by atoms with van der Waals surface area (Å²) in [4.78, 5) is 12.5. The fourth-order valence-electron chi connectivity index (χ4n) is 2.47. The number of ether oxygens (including phenoxy) is 1. The fourth-order valence-corrected chi connectivity index (χ4v) is 3.97. The van der Waals surface area contributed by atoms with Crippen LogP contribution in [0.25, 0.3) is 0 Å². The van der Waals surface area contributed by atoms with Crippen LogP contribution in [0.15, 0.2) is 23.1 Å². The maximum atomic E-state index is 12.6. The van der Waals surface area contributed by atoms with Gasteiger partial charge in [0.25, 0.3) is 5.91 Å². The lowest BCUT2D eigenvalue weighted by Gasteiger charge is -2.27. The molecule has 0 atom stereocenters. The molecule has 1 fully saturated rings. The molecule has 7 heteroatoms. The van der Waals surface area contributed by atoms with E-state index in [2.05, 4.69) is 16.0 Å². The minimum absolute atomic E-state index is 0.0403. The van der Waals surface area contributed by atoms with Crippen LogP contribution in [0.4, 0.5) is 0 Å². The first kappa shape index (κ1) is 19.3. The van der Waals surface area contributed by atoms with Crippen LogP contribution in [-0.2, 0) is 10.0 Å². The molecule has 0 radical (unpaired) electrons. The van der Waals surface area contributed by atoms with E-state index in [1.54, 1.807) is 0 Å². The topological polar surface area (TPSA) is 84.5 Å². The second kappa shape index (κ2) is 7.46. The number of hydrogen-bond donors (Lipinski definition) is 2. The molecular weight excluding hydrogens is 340 g/mol. The van der Waals surface area contributed by atoms with Gasteiger partial charge in [0.05, 0.1) is 7.11 Å². The van der Waals surface area contributed by atoms with Crippen molar-refractivity contribution in [3.63, 3.8) is 0 Å². The van der Waals surface area contributed by atoms with Gasteiger partial charge in [-0.25, -0.2) is 13.1 Å². The average Bonchev–Trinajstić information content (AvgIpc) is 3.42. The number of sulfonamides is 1. The molecule has 0 spiro atoms. The molecule has 1 aliphatic rings. The van der Waals surface area contributed by atoms with Crippen LogP contribution in [0, 0.1) is 12.3 Å². The molecule has 0 aliphatic heterocycles. The van der Waals surface area contributed by atoms with Crippen LogP contribution in [0.3, 0.4) is 0 Å². The molecule has 136 valence electrons. The van der Waals surface area contributed by atoms with Gasteiger partial charge in [-0.3, -0.25) is 4.79 Å². The van der Waals surface area contributed by atoms with Gasteiger partial charge in [0, 0.05) is 11.6 Å². The van der Waals surface area contributed by atoms with E-state index >= 15 is 0 Å². The Morgan fingerprint density at radius 1 is 1.36 bits per heavy atom. The van der Waals surface area contributed by atoms with Crippen LogP contribution in [0.1, 0.15) is 49.9 Å². The Labute approximate surface area is 149 Å². The predicted molar refractivity (Wildman–Crippen MR) is 95.9 cm³/mol. The van der Waals surface area contributed by atoms with E-state index < -0.39 is 21.5 Å². The van der Waals surface area contributed by atoms with Crippen molar-refractivity contribution < 1.29 is 17.9 Å². The number of rotatable bonds is 8. The normalized spacial score (nSPS) is 14.6. The highest BCUT2D eigenvalue weighted by Crippen LogP contribution is 2.28. The lowest BCUT2D eigenvalue weighted by Crippen LogP contribution is -2.46. The maximum Gasteiger partial charge on any atom is 0.252 e. The predicted octanol–water partition coefficient (Wildman–Crippen LogP) is 2.06. The molecule has 25 heavy (non-hydrogen) atoms. The van der Waals surface area contributed by atoms with E-state index in [1.807, 2.05) is 13.8 Å². The van der Waals surface area contributed by atoms with Gasteiger partial charge in [0.1, 0.15) is 16.2 Å². The Morgan fingerprint density at radius 3 is 2.48 bits per heavy atom. The van der Waals surface area contributed by atoms with E-state index in [0.29, 0.717) is 12.8 Å². The Morgan fingerprint density at radius 2 is 2.00 bits per heavy atom. The van der Waals surface area contributed by atoms with Gasteiger partial charge in [-0.05, 0) is 43.9 Å². The summed E-state index contributed by atoms with van der Waals surface area (Å²) in [6.45, 7) is 3.79. The first-order valence-electron chi connectivity index (χ1n) is 8.31. The van der Waals surface area contributed by atoms with Crippen molar-refractivity contribution in [3.05, 3.63) is 23.8 Å². The summed E-state index contributed by atoms with van der Waals surface area (Å²) in [7, 11) is -2.36. The molecule has 6 nitrogen and oxygen atoms in total. The van der Waals surface area contributed by atoms with Crippen molar-refractivity contribution in [2.24, 2.45) is 0 Å². The van der Waals surface area contributed by atoms with Crippen LogP contribution in [0.2, 0.25) is 0 Å². The standard InChI is InChI=1S/C18H24N2O4S/c1-5-18(6-2,7-3)19-17(21)13-8-11-15(24-4)16(12-13)25(22,23)20-14-9-10-14/h1,8,11-12,14,20H,6-7,9-10H2,2-4H3,(H,19,21). The Hall–Kier alpha value is -2.04. The Bertz CT molecular complexity index is 788. The molecular formula is C18H24N2O4S. The van der Waals surface area contributed by atoms with Crippen molar-refractivity contribution in [3.8, 4) is 18.1 Å². The minimum atomic E-state index is -3.75. The molecule has 2 rings (SSSR count). The van der Waals surface area contributed by atoms with Crippen molar-refractivity contribution in [2.45, 2.75) is 56.0 Å². The first-order valence-corrected chi connectivity index (χ1v) is 9.79. The summed E-state index contributed by atoms with van der Waals surface area (Å²) >= 11 is 0. The third-order valence-corrected chi connectivity index (χ3v) is 5.99. The summed E-state index contributed by atoms with van der Waals surface area (Å²) in [5, 5.41) is 2.83. The highest BCUT2D eigenvalue weighted by molar-refractivity contribution is 7.89. The summed E-state index contributed by atoms with van der Waals surface area (Å²) in [6.07, 6.45) is 8.37. The van der Waals surface area contributed by atoms with E-state index in [-0.39, 0.29) is 22.3 Å². The number of benzene rings is 1. The SMILES string of the molecule is C#CC(CC)(CC)NC(=O)c1ccc(OC)c(S(=O)(=O)NC2CC2)c1. The van der Waals surface area contributed by atoms with Gasteiger partial charge >= 0.3 is 0 Å². The molecule has 0 saturated heterocycles. The van der Waals surface area contributed by atoms with Crippen LogP contribution in [-0.4, -0.2) is 33.0 Å². The number of carbonyl (C=O) groups is 1. The van der Waals surface area contributed by atoms with E-state index in [1.165, 1.54) is 25.3 Å². The smallest absolute Gasteiger partial charge is 0.252 e. The van der Waals surface area contributed by atoms with Crippen molar-refractivity contribution in [2.75, 3.05) is 7.11 Å². The molecule has 0 heterocycles. The van der Waals surface area contributed by atoms with Gasteiger partial charge in [0.15, 0.2) is 0 Å². The molecule has 1 aromatic carbocycles. The van der Waals surface area contributed by atoms with Gasteiger partial charge in [-0.15, -0.1) is 6.42 Å². The number of amides is 1. The second-order valence-electron chi connectivity index (χ2n) is 6.15. The lowest BCUT2D eigenvalue weighted by molar-refractivity contribution is 0.0916. The van der Waals surface area contributed by atoms with Gasteiger partial charge < -0.3 is 10.1 Å². The zero-order valence-corrected chi connectivity index (χ0v) is 15.6. The molecule has 1 amide bonds. The van der Waals surface area contributed by atoms with Crippen molar-refractivity contribution in [1.29, 1.82) is 0 Å². The number of terminal acetylenes is 1. The molecule has 0 unspecified atom stereocenters. The summed E-state index contributed by atoms with van der Waals surface area (Å²) in [5.74, 6) is 2.41. The monoisotopic (exact) mass is 364 g/mol. The molecule has 1 aliphatic carbocycles. The Balaban J connectivity index is 2.35. The van der Waals surface area contributed by atoms with Crippen LogP contribution < -0.4 is 14.8 Å². The number of methoxy groups -OCH3 is 1.